The van der Waals surface area contributed by atoms with Gasteiger partial charge in [0.1, 0.15) is 10.5 Å². The van der Waals surface area contributed by atoms with E-state index in [0.29, 0.717) is 30.4 Å². The Morgan fingerprint density at radius 3 is 2.70 bits per heavy atom. The minimum absolute atomic E-state index is 0.0365. The summed E-state index contributed by atoms with van der Waals surface area (Å²) >= 11 is 13.5. The summed E-state index contributed by atoms with van der Waals surface area (Å²) in [5, 5.41) is 10.9. The molecule has 2 heterocycles. The highest BCUT2D eigenvalue weighted by Crippen LogP contribution is 2.37. The molecule has 0 aliphatic carbocycles. The Labute approximate surface area is 203 Å². The van der Waals surface area contributed by atoms with E-state index in [9.17, 15) is 14.9 Å². The number of carbonyl (C=O) groups excluding carboxylic acids is 1. The van der Waals surface area contributed by atoms with Crippen molar-refractivity contribution < 1.29 is 9.53 Å². The van der Waals surface area contributed by atoms with Crippen molar-refractivity contribution in [3.05, 3.63) is 94.8 Å². The molecule has 0 spiro atoms. The van der Waals surface area contributed by atoms with E-state index < -0.39 is 17.4 Å². The van der Waals surface area contributed by atoms with E-state index in [-0.39, 0.29) is 23.6 Å². The number of fused-ring (bicyclic) bond motifs is 1. The monoisotopic (exact) mass is 497 g/mol. The van der Waals surface area contributed by atoms with E-state index in [0.717, 1.165) is 11.3 Å². The van der Waals surface area contributed by atoms with E-state index in [4.69, 9.17) is 33.7 Å². The second-order valence-corrected chi connectivity index (χ2v) is 8.99. The average Bonchev–Trinajstić information content (AvgIpc) is 3.11. The number of aromatic nitrogens is 1. The molecule has 33 heavy (non-hydrogen) atoms. The molecule has 0 amide bonds. The Balaban J connectivity index is 2.12. The molecule has 0 fully saturated rings. The molecule has 2 aromatic carbocycles. The van der Waals surface area contributed by atoms with Crippen molar-refractivity contribution in [1.82, 2.24) is 4.57 Å². The Hall–Kier alpha value is -3.31. The van der Waals surface area contributed by atoms with Gasteiger partial charge in [0.2, 0.25) is 0 Å². The molecule has 1 aliphatic heterocycles. The summed E-state index contributed by atoms with van der Waals surface area (Å²) in [4.78, 5) is 26.4. The first-order valence-corrected chi connectivity index (χ1v) is 11.5. The molecule has 3 aromatic rings. The van der Waals surface area contributed by atoms with Crippen molar-refractivity contribution in [2.45, 2.75) is 12.8 Å². The van der Waals surface area contributed by atoms with Crippen LogP contribution >= 0.6 is 34.5 Å². The van der Waals surface area contributed by atoms with Crippen LogP contribution < -0.4 is 20.5 Å². The number of nitrogens with zero attached hydrogens (tertiary/aromatic N) is 2. The molecule has 6 nitrogen and oxygen atoms in total. The van der Waals surface area contributed by atoms with Crippen LogP contribution in [0.1, 0.15) is 24.0 Å². The number of rotatable bonds is 4. The van der Waals surface area contributed by atoms with Crippen LogP contribution in [0.4, 0.5) is 0 Å². The third kappa shape index (κ3) is 4.09. The van der Waals surface area contributed by atoms with Crippen LogP contribution in [0.15, 0.2) is 58.9 Å². The first-order chi connectivity index (χ1) is 15.9. The Morgan fingerprint density at radius 1 is 1.27 bits per heavy atom. The summed E-state index contributed by atoms with van der Waals surface area (Å²) in [5.74, 6) is -1.51. The maximum atomic E-state index is 13.3. The minimum Gasteiger partial charge on any atom is -0.463 e. The standard InChI is InChI=1S/C24H17Cl2N3O3S/c1-2-32-24(31)20-19(14-7-5-8-15(25)10-14)16(12-27)21(28)29-22(30)18(33-23(20)29)11-13-6-3-4-9-17(13)26/h3-11,19H,2,28H2,1H3/t19-/m0/s1. The largest absolute Gasteiger partial charge is 0.463 e. The van der Waals surface area contributed by atoms with Gasteiger partial charge in [0.25, 0.3) is 5.56 Å². The maximum absolute atomic E-state index is 13.3. The lowest BCUT2D eigenvalue weighted by atomic mass is 9.84. The van der Waals surface area contributed by atoms with Gasteiger partial charge in [-0.15, -0.1) is 11.3 Å². The van der Waals surface area contributed by atoms with E-state index in [1.54, 1.807) is 61.5 Å². The maximum Gasteiger partial charge on any atom is 0.338 e. The van der Waals surface area contributed by atoms with Crippen LogP contribution in [0.3, 0.4) is 0 Å². The fraction of sp³-hybridized carbons (Fsp3) is 0.125. The molecule has 0 radical (unpaired) electrons. The van der Waals surface area contributed by atoms with Crippen LogP contribution in [-0.2, 0) is 9.53 Å². The van der Waals surface area contributed by atoms with Crippen molar-refractivity contribution in [3.8, 4) is 6.07 Å². The third-order valence-electron chi connectivity index (χ3n) is 5.14. The summed E-state index contributed by atoms with van der Waals surface area (Å²) in [5.41, 5.74) is 7.33. The van der Waals surface area contributed by atoms with Crippen LogP contribution in [-0.4, -0.2) is 17.1 Å². The number of nitrogens with two attached hydrogens (primary N) is 1. The number of ether oxygens (including phenoxy) is 1. The number of hydrogen-bond donors (Lipinski definition) is 1. The molecule has 0 saturated carbocycles. The van der Waals surface area contributed by atoms with Crippen LogP contribution in [0.2, 0.25) is 10.0 Å². The molecule has 166 valence electrons. The molecule has 1 atom stereocenters. The predicted octanol–water partition coefficient (Wildman–Crippen LogP) is 3.21. The quantitative estimate of drug-likeness (QED) is 0.558. The number of esters is 1. The van der Waals surface area contributed by atoms with Crippen LogP contribution in [0.5, 0.6) is 0 Å². The first kappa shape index (κ1) is 22.9. The van der Waals surface area contributed by atoms with Gasteiger partial charge < -0.3 is 10.5 Å². The van der Waals surface area contributed by atoms with Crippen molar-refractivity contribution in [1.29, 1.82) is 5.26 Å². The summed E-state index contributed by atoms with van der Waals surface area (Å²) < 4.78 is 7.12. The summed E-state index contributed by atoms with van der Waals surface area (Å²) in [6.07, 6.45) is 1.64. The third-order valence-corrected chi connectivity index (χ3v) is 6.83. The van der Waals surface area contributed by atoms with Gasteiger partial charge in [-0.1, -0.05) is 53.5 Å². The highest BCUT2D eigenvalue weighted by atomic mass is 35.5. The lowest BCUT2D eigenvalue weighted by molar-refractivity contribution is -0.136. The molecular formula is C24H17Cl2N3O3S. The lowest BCUT2D eigenvalue weighted by Gasteiger charge is -2.24. The van der Waals surface area contributed by atoms with Gasteiger partial charge in [0.15, 0.2) is 0 Å². The zero-order valence-corrected chi connectivity index (χ0v) is 19.7. The summed E-state index contributed by atoms with van der Waals surface area (Å²) in [6, 6.07) is 16.0. The number of halogens is 2. The van der Waals surface area contributed by atoms with Crippen molar-refractivity contribution in [2.75, 3.05) is 6.61 Å². The number of benzene rings is 2. The first-order valence-electron chi connectivity index (χ1n) is 9.92. The number of hydrogen-bond acceptors (Lipinski definition) is 6. The van der Waals surface area contributed by atoms with Gasteiger partial charge in [-0.05, 0) is 42.3 Å². The Bertz CT molecular complexity index is 1530. The van der Waals surface area contributed by atoms with Gasteiger partial charge in [-0.25, -0.2) is 4.79 Å². The summed E-state index contributed by atoms with van der Waals surface area (Å²) in [6.45, 7) is 1.81. The SMILES string of the molecule is CCOC(=O)C1=c2sc(=Cc3ccccc3Cl)c(=O)n2C(N)=C(C#N)[C@@H]1c1cccc(Cl)c1. The molecule has 0 bridgehead atoms. The number of nitriles is 1. The minimum atomic E-state index is -0.834. The van der Waals surface area contributed by atoms with Gasteiger partial charge in [-0.3, -0.25) is 9.36 Å². The second kappa shape index (κ2) is 9.28. The van der Waals surface area contributed by atoms with E-state index in [1.807, 2.05) is 0 Å². The van der Waals surface area contributed by atoms with Gasteiger partial charge >= 0.3 is 5.97 Å². The molecule has 9 heteroatoms. The summed E-state index contributed by atoms with van der Waals surface area (Å²) in [7, 11) is 0. The molecule has 4 rings (SSSR count). The van der Waals surface area contributed by atoms with Gasteiger partial charge in [0.05, 0.1) is 34.3 Å². The van der Waals surface area contributed by atoms with Crippen molar-refractivity contribution >= 4 is 58.0 Å². The number of allylic oxidation sites excluding steroid dienone is 1. The number of carbonyl (C=O) groups is 1. The zero-order valence-electron chi connectivity index (χ0n) is 17.3. The van der Waals surface area contributed by atoms with Crippen LogP contribution in [0, 0.1) is 11.3 Å². The molecule has 0 saturated heterocycles. The molecule has 2 N–H and O–H groups in total. The van der Waals surface area contributed by atoms with E-state index in [2.05, 4.69) is 6.07 Å². The smallest absolute Gasteiger partial charge is 0.338 e. The van der Waals surface area contributed by atoms with E-state index in [1.165, 1.54) is 4.57 Å². The fourth-order valence-corrected chi connectivity index (χ4v) is 5.25. The average molecular weight is 498 g/mol. The molecular weight excluding hydrogens is 481 g/mol. The van der Waals surface area contributed by atoms with Crippen LogP contribution in [0.25, 0.3) is 17.5 Å². The Kier molecular flexibility index (Phi) is 6.43. The normalized spacial score (nSPS) is 15.9. The predicted molar refractivity (Wildman–Crippen MR) is 130 cm³/mol. The highest BCUT2D eigenvalue weighted by molar-refractivity contribution is 7.07. The van der Waals surface area contributed by atoms with Gasteiger partial charge in [0, 0.05) is 10.0 Å². The highest BCUT2D eigenvalue weighted by Gasteiger charge is 2.36. The van der Waals surface area contributed by atoms with Crippen molar-refractivity contribution in [3.63, 3.8) is 0 Å². The molecule has 0 unspecified atom stereocenters. The van der Waals surface area contributed by atoms with Gasteiger partial charge in [-0.2, -0.15) is 5.26 Å². The Morgan fingerprint density at radius 2 is 2.03 bits per heavy atom. The zero-order chi connectivity index (χ0) is 23.7. The van der Waals surface area contributed by atoms with Crippen molar-refractivity contribution in [2.24, 2.45) is 5.73 Å². The van der Waals surface area contributed by atoms with E-state index >= 15 is 0 Å². The molecule has 1 aromatic heterocycles. The fourth-order valence-electron chi connectivity index (χ4n) is 3.71. The molecule has 1 aliphatic rings. The topological polar surface area (TPSA) is 98.1 Å². The number of thiazole rings is 1. The second-order valence-electron chi connectivity index (χ2n) is 7.11. The lowest BCUT2D eigenvalue weighted by Crippen LogP contribution is -2.40.